The normalized spacial score (nSPS) is 10.8. The summed E-state index contributed by atoms with van der Waals surface area (Å²) in [6.45, 7) is 0. The predicted octanol–water partition coefficient (Wildman–Crippen LogP) is 4.92. The lowest BCUT2D eigenvalue weighted by molar-refractivity contribution is -0.133. The van der Waals surface area contributed by atoms with Gasteiger partial charge in [-0.25, -0.2) is 0 Å². The lowest BCUT2D eigenvalue weighted by Gasteiger charge is -2.08. The van der Waals surface area contributed by atoms with Gasteiger partial charge in [-0.2, -0.15) is 5.26 Å². The summed E-state index contributed by atoms with van der Waals surface area (Å²) in [5.41, 5.74) is 2.73. The summed E-state index contributed by atoms with van der Waals surface area (Å²) in [5.74, 6) is 1.40. The van der Waals surface area contributed by atoms with Crippen LogP contribution >= 0.6 is 0 Å². The van der Waals surface area contributed by atoms with Crippen LogP contribution in [0.5, 0.6) is 17.2 Å². The molecule has 3 rings (SSSR count). The molecule has 150 valence electrons. The maximum Gasteiger partial charge on any atom is 0.315 e. The number of nitrogens with zero attached hydrogens (tertiary/aromatic N) is 1. The molecule has 0 radical (unpaired) electrons. The second-order valence-corrected chi connectivity index (χ2v) is 6.44. The minimum absolute atomic E-state index is 0.148. The van der Waals surface area contributed by atoms with Crippen molar-refractivity contribution in [3.63, 3.8) is 0 Å². The standard InChI is InChI=1S/C25H21NO4/c1-28-21-12-10-18(11-13-21)16-25(27)30-22-7-5-6-19(15-22)14-20(17-26)23-8-3-4-9-24(23)29-2/h3-15H,16H2,1-2H3/b20-14-. The lowest BCUT2D eigenvalue weighted by atomic mass is 10.0. The Morgan fingerprint density at radius 1 is 0.933 bits per heavy atom. The van der Waals surface area contributed by atoms with E-state index in [-0.39, 0.29) is 12.4 Å². The fourth-order valence-corrected chi connectivity index (χ4v) is 2.95. The number of hydrogen-bond acceptors (Lipinski definition) is 5. The molecule has 3 aromatic carbocycles. The van der Waals surface area contributed by atoms with Gasteiger partial charge in [0.2, 0.25) is 0 Å². The topological polar surface area (TPSA) is 68.5 Å². The van der Waals surface area contributed by atoms with Gasteiger partial charge >= 0.3 is 5.97 Å². The molecule has 0 fully saturated rings. The van der Waals surface area contributed by atoms with Crippen molar-refractivity contribution in [2.24, 2.45) is 0 Å². The average molecular weight is 399 g/mol. The van der Waals surface area contributed by atoms with E-state index in [0.717, 1.165) is 16.9 Å². The molecular formula is C25H21NO4. The summed E-state index contributed by atoms with van der Waals surface area (Å²) in [4.78, 5) is 12.3. The van der Waals surface area contributed by atoms with Gasteiger partial charge in [0.25, 0.3) is 0 Å². The highest BCUT2D eigenvalue weighted by Gasteiger charge is 2.10. The second kappa shape index (κ2) is 9.94. The number of ether oxygens (including phenoxy) is 3. The Morgan fingerprint density at radius 2 is 1.70 bits per heavy atom. The van der Waals surface area contributed by atoms with Crippen LogP contribution in [0.25, 0.3) is 11.6 Å². The van der Waals surface area contributed by atoms with Crippen LogP contribution in [0.3, 0.4) is 0 Å². The van der Waals surface area contributed by atoms with E-state index in [9.17, 15) is 10.1 Å². The molecule has 0 atom stereocenters. The number of esters is 1. The molecule has 0 unspecified atom stereocenters. The van der Waals surface area contributed by atoms with Crippen LogP contribution < -0.4 is 14.2 Å². The van der Waals surface area contributed by atoms with Crippen LogP contribution in [0, 0.1) is 11.3 Å². The largest absolute Gasteiger partial charge is 0.497 e. The molecule has 0 amide bonds. The average Bonchev–Trinajstić information content (AvgIpc) is 2.78. The van der Waals surface area contributed by atoms with E-state index in [2.05, 4.69) is 6.07 Å². The monoisotopic (exact) mass is 399 g/mol. The Balaban J connectivity index is 1.75. The third-order valence-corrected chi connectivity index (χ3v) is 4.43. The molecule has 0 aliphatic rings. The molecule has 30 heavy (non-hydrogen) atoms. The number of nitriles is 1. The van der Waals surface area contributed by atoms with Crippen molar-refractivity contribution < 1.29 is 19.0 Å². The molecule has 0 aromatic heterocycles. The summed E-state index contributed by atoms with van der Waals surface area (Å²) in [5, 5.41) is 9.61. The van der Waals surface area contributed by atoms with E-state index in [4.69, 9.17) is 14.2 Å². The van der Waals surface area contributed by atoms with Gasteiger partial charge < -0.3 is 14.2 Å². The van der Waals surface area contributed by atoms with Crippen molar-refractivity contribution in [1.82, 2.24) is 0 Å². The zero-order chi connectivity index (χ0) is 21.3. The summed E-state index contributed by atoms with van der Waals surface area (Å²) >= 11 is 0. The van der Waals surface area contributed by atoms with Gasteiger partial charge in [0.15, 0.2) is 0 Å². The van der Waals surface area contributed by atoms with Gasteiger partial charge in [-0.15, -0.1) is 0 Å². The third-order valence-electron chi connectivity index (χ3n) is 4.43. The highest BCUT2D eigenvalue weighted by Crippen LogP contribution is 2.27. The SMILES string of the molecule is COc1ccc(CC(=O)Oc2cccc(/C=C(/C#N)c3ccccc3OC)c2)cc1. The molecule has 0 N–H and O–H groups in total. The molecule has 0 heterocycles. The highest BCUT2D eigenvalue weighted by molar-refractivity contribution is 5.91. The number of allylic oxidation sites excluding steroid dienone is 1. The molecule has 0 spiro atoms. The van der Waals surface area contributed by atoms with Crippen LogP contribution in [-0.4, -0.2) is 20.2 Å². The quantitative estimate of drug-likeness (QED) is 0.244. The smallest absolute Gasteiger partial charge is 0.315 e. The molecule has 0 saturated carbocycles. The van der Waals surface area contributed by atoms with E-state index in [0.29, 0.717) is 22.6 Å². The van der Waals surface area contributed by atoms with Gasteiger partial charge in [-0.1, -0.05) is 36.4 Å². The van der Waals surface area contributed by atoms with Crippen molar-refractivity contribution >= 4 is 17.6 Å². The first kappa shape index (κ1) is 20.7. The van der Waals surface area contributed by atoms with E-state index in [1.54, 1.807) is 56.7 Å². The van der Waals surface area contributed by atoms with Gasteiger partial charge in [0.1, 0.15) is 17.2 Å². The van der Waals surface area contributed by atoms with Gasteiger partial charge in [0.05, 0.1) is 32.3 Å². The van der Waals surface area contributed by atoms with Crippen LogP contribution in [0.2, 0.25) is 0 Å². The summed E-state index contributed by atoms with van der Waals surface area (Å²) in [7, 11) is 3.16. The number of carbonyl (C=O) groups is 1. The zero-order valence-corrected chi connectivity index (χ0v) is 16.8. The minimum atomic E-state index is -0.369. The van der Waals surface area contributed by atoms with Gasteiger partial charge in [-0.05, 0) is 53.6 Å². The zero-order valence-electron chi connectivity index (χ0n) is 16.8. The van der Waals surface area contributed by atoms with Crippen LogP contribution in [0.4, 0.5) is 0 Å². The van der Waals surface area contributed by atoms with Crippen molar-refractivity contribution in [2.45, 2.75) is 6.42 Å². The molecule has 0 saturated heterocycles. The Kier molecular flexibility index (Phi) is 6.86. The molecular weight excluding hydrogens is 378 g/mol. The molecule has 5 nitrogen and oxygen atoms in total. The molecule has 0 aliphatic heterocycles. The summed E-state index contributed by atoms with van der Waals surface area (Å²) in [6, 6.07) is 23.8. The van der Waals surface area contributed by atoms with E-state index in [1.165, 1.54) is 0 Å². The van der Waals surface area contributed by atoms with Crippen molar-refractivity contribution in [2.75, 3.05) is 14.2 Å². The number of methoxy groups -OCH3 is 2. The third kappa shape index (κ3) is 5.27. The number of carbonyl (C=O) groups excluding carboxylic acids is 1. The number of para-hydroxylation sites is 1. The number of hydrogen-bond donors (Lipinski definition) is 0. The fourth-order valence-electron chi connectivity index (χ4n) is 2.95. The highest BCUT2D eigenvalue weighted by atomic mass is 16.5. The summed E-state index contributed by atoms with van der Waals surface area (Å²) < 4.78 is 15.9. The Hall–Kier alpha value is -4.04. The molecule has 5 heteroatoms. The first-order valence-electron chi connectivity index (χ1n) is 9.32. The molecule has 0 aliphatic carbocycles. The molecule has 3 aromatic rings. The lowest BCUT2D eigenvalue weighted by Crippen LogP contribution is -2.11. The van der Waals surface area contributed by atoms with E-state index in [1.807, 2.05) is 36.4 Å². The Bertz CT molecular complexity index is 1090. The van der Waals surface area contributed by atoms with Crippen LogP contribution in [0.15, 0.2) is 72.8 Å². The summed E-state index contributed by atoms with van der Waals surface area (Å²) in [6.07, 6.45) is 1.88. The Morgan fingerprint density at radius 3 is 2.40 bits per heavy atom. The Labute approximate surface area is 175 Å². The second-order valence-electron chi connectivity index (χ2n) is 6.44. The maximum atomic E-state index is 12.3. The van der Waals surface area contributed by atoms with Crippen LogP contribution in [-0.2, 0) is 11.2 Å². The van der Waals surface area contributed by atoms with Crippen molar-refractivity contribution in [3.8, 4) is 23.3 Å². The van der Waals surface area contributed by atoms with E-state index >= 15 is 0 Å². The van der Waals surface area contributed by atoms with Crippen molar-refractivity contribution in [3.05, 3.63) is 89.5 Å². The van der Waals surface area contributed by atoms with Crippen LogP contribution in [0.1, 0.15) is 16.7 Å². The minimum Gasteiger partial charge on any atom is -0.497 e. The fraction of sp³-hybridized carbons (Fsp3) is 0.120. The number of benzene rings is 3. The van der Waals surface area contributed by atoms with Gasteiger partial charge in [0, 0.05) is 5.56 Å². The first-order valence-corrected chi connectivity index (χ1v) is 9.32. The molecule has 0 bridgehead atoms. The van der Waals surface area contributed by atoms with E-state index < -0.39 is 0 Å². The van der Waals surface area contributed by atoms with Gasteiger partial charge in [-0.3, -0.25) is 4.79 Å². The maximum absolute atomic E-state index is 12.3. The number of rotatable bonds is 7. The predicted molar refractivity (Wildman–Crippen MR) is 115 cm³/mol. The first-order chi connectivity index (χ1) is 14.6. The van der Waals surface area contributed by atoms with Crippen molar-refractivity contribution in [1.29, 1.82) is 5.26 Å².